The normalized spacial score (nSPS) is 26.9. The number of nitrogens with zero attached hydrogens (tertiary/aromatic N) is 3. The molecule has 4 heterocycles. The molecular weight excluding hydrogens is 701 g/mol. The van der Waals surface area contributed by atoms with E-state index in [1.807, 2.05) is 11.4 Å². The predicted octanol–water partition coefficient (Wildman–Crippen LogP) is 5.24. The van der Waals surface area contributed by atoms with Gasteiger partial charge in [0.05, 0.1) is 17.5 Å². The maximum atomic E-state index is 14.1. The van der Waals surface area contributed by atoms with Crippen LogP contribution in [-0.2, 0) is 36.2 Å². The van der Waals surface area contributed by atoms with Gasteiger partial charge in [0.2, 0.25) is 27.7 Å². The van der Waals surface area contributed by atoms with Gasteiger partial charge in [-0.3, -0.25) is 19.1 Å². The van der Waals surface area contributed by atoms with Crippen molar-refractivity contribution in [3.05, 3.63) is 59.8 Å². The first-order chi connectivity index (χ1) is 24.7. The van der Waals surface area contributed by atoms with Crippen LogP contribution in [0.2, 0.25) is 0 Å². The Morgan fingerprint density at radius 3 is 2.65 bits per heavy atom. The monoisotopic (exact) mass is 750 g/mol. The van der Waals surface area contributed by atoms with Gasteiger partial charge in [-0.05, 0) is 68.5 Å². The lowest BCUT2D eigenvalue weighted by Gasteiger charge is -2.28. The minimum Gasteiger partial charge on any atom is -0.472 e. The summed E-state index contributed by atoms with van der Waals surface area (Å²) >= 11 is 1.44. The smallest absolute Gasteiger partial charge is 0.259 e. The average Bonchev–Trinajstić information content (AvgIpc) is 3.99. The molecule has 2 aliphatic carbocycles. The highest BCUT2D eigenvalue weighted by molar-refractivity contribution is 7.91. The first kappa shape index (κ1) is 37.7. The Labute approximate surface area is 310 Å². The molecule has 1 saturated heterocycles. The number of sulfonamides is 1. The van der Waals surface area contributed by atoms with Crippen molar-refractivity contribution in [2.45, 2.75) is 120 Å². The molecule has 1 aromatic carbocycles. The van der Waals surface area contributed by atoms with Crippen molar-refractivity contribution in [3.63, 3.8) is 0 Å². The van der Waals surface area contributed by atoms with Gasteiger partial charge in [0.1, 0.15) is 23.7 Å². The number of carbonyl (C=O) groups is 3. The zero-order valence-corrected chi connectivity index (χ0v) is 32.2. The Hall–Kier alpha value is -4.04. The number of amides is 3. The molecule has 5 atom stereocenters. The van der Waals surface area contributed by atoms with Gasteiger partial charge in [-0.15, -0.1) is 17.9 Å². The molecule has 0 unspecified atom stereocenters. The molecule has 3 N–H and O–H groups in total. The lowest BCUT2D eigenvalue weighted by molar-refractivity contribution is -0.140. The summed E-state index contributed by atoms with van der Waals surface area (Å²) in [6.45, 7) is 14.2. The Balaban J connectivity index is 0.00000150. The number of hydrogen-bond donors (Lipinski definition) is 3. The molecule has 2 saturated carbocycles. The first-order valence-corrected chi connectivity index (χ1v) is 20.7. The summed E-state index contributed by atoms with van der Waals surface area (Å²) in [5.74, 6) is -1.71. The number of carbonyl (C=O) groups excluding carboxylic acids is 3. The number of anilines is 1. The second kappa shape index (κ2) is 14.8. The van der Waals surface area contributed by atoms with Crippen LogP contribution in [0.25, 0.3) is 10.8 Å². The van der Waals surface area contributed by atoms with Crippen molar-refractivity contribution >= 4 is 55.0 Å². The maximum Gasteiger partial charge on any atom is 0.259 e. The minimum atomic E-state index is -3.84. The van der Waals surface area contributed by atoms with Crippen molar-refractivity contribution in [1.29, 1.82) is 0 Å². The number of rotatable bonds is 6. The average molecular weight is 751 g/mol. The highest BCUT2D eigenvalue weighted by atomic mass is 32.2. The number of thiazole rings is 1. The molecule has 52 heavy (non-hydrogen) atoms. The lowest BCUT2D eigenvalue weighted by Crippen LogP contribution is -2.57. The van der Waals surface area contributed by atoms with Gasteiger partial charge in [0.25, 0.3) is 5.91 Å². The van der Waals surface area contributed by atoms with E-state index in [-0.39, 0.29) is 30.7 Å². The van der Waals surface area contributed by atoms with E-state index in [0.717, 1.165) is 41.3 Å². The maximum absolute atomic E-state index is 14.1. The van der Waals surface area contributed by atoms with Gasteiger partial charge in [-0.2, -0.15) is 0 Å². The van der Waals surface area contributed by atoms with Crippen LogP contribution in [0.1, 0.15) is 90.8 Å². The SMILES string of the molecule is C=C[C@@H]1C[C@]1(NC(=O)[C@@H]1C[C@@H]2CN1C(=O)[C@H](C)Nc1nc(cs1)C(C)(C)CCCc1ccc3ccnc(c3c1)O2)C(=O)NS(=O)(=O)C1CC1.CCC. The first-order valence-electron chi connectivity index (χ1n) is 18.3. The third-order valence-electron chi connectivity index (χ3n) is 10.3. The van der Waals surface area contributed by atoms with Gasteiger partial charge in [0.15, 0.2) is 5.13 Å². The van der Waals surface area contributed by atoms with Crippen LogP contribution in [0, 0.1) is 5.92 Å². The van der Waals surface area contributed by atoms with E-state index >= 15 is 0 Å². The topological polar surface area (TPSA) is 160 Å². The molecule has 3 amide bonds. The number of aryl methyl sites for hydroxylation is 1. The summed E-state index contributed by atoms with van der Waals surface area (Å²) in [7, 11) is -3.84. The fourth-order valence-electron chi connectivity index (χ4n) is 7.00. The van der Waals surface area contributed by atoms with Crippen molar-refractivity contribution in [1.82, 2.24) is 24.9 Å². The Bertz CT molecular complexity index is 1960. The molecule has 4 aliphatic rings. The Kier molecular flexibility index (Phi) is 10.7. The van der Waals surface area contributed by atoms with Gasteiger partial charge < -0.3 is 20.3 Å². The van der Waals surface area contributed by atoms with Crippen molar-refractivity contribution in [2.75, 3.05) is 11.9 Å². The molecule has 2 aromatic heterocycles. The van der Waals surface area contributed by atoms with E-state index in [2.05, 4.69) is 72.8 Å². The standard InChI is InChI=1S/C35H42N6O6S2.C3H8/c1-5-23-17-35(23,32(44)40-49(45,46)25-10-11-25)39-29(42)27-16-24-18-41(27)31(43)20(2)37-33-38-28(19-48-33)34(3,4)13-6-7-21-8-9-22-12-14-36-30(47-24)26(22)15-21;1-3-2/h5,8-9,12,14-15,19-20,23-25,27H,1,6-7,10-11,13,16-18H2,2-4H3,(H,37,38)(H,39,42)(H,40,44);3H2,1-2H3/t20-,23+,24+,27-,35+;/m0./s1. The highest BCUT2D eigenvalue weighted by Crippen LogP contribution is 2.45. The molecule has 14 heteroatoms. The molecule has 280 valence electrons. The summed E-state index contributed by atoms with van der Waals surface area (Å²) in [6, 6.07) is 6.49. The zero-order chi connectivity index (χ0) is 37.4. The van der Waals surface area contributed by atoms with Crippen LogP contribution in [0.4, 0.5) is 5.13 Å². The van der Waals surface area contributed by atoms with Crippen LogP contribution in [0.5, 0.6) is 5.88 Å². The number of hydrogen-bond acceptors (Lipinski definition) is 10. The number of fused-ring (bicyclic) bond motifs is 5. The number of ether oxygens (including phenoxy) is 1. The second-order valence-electron chi connectivity index (χ2n) is 15.2. The van der Waals surface area contributed by atoms with Crippen molar-refractivity contribution < 1.29 is 27.5 Å². The summed E-state index contributed by atoms with van der Waals surface area (Å²) in [4.78, 5) is 52.5. The quantitative estimate of drug-likeness (QED) is 0.287. The molecule has 3 aromatic rings. The minimum absolute atomic E-state index is 0.108. The van der Waals surface area contributed by atoms with Gasteiger partial charge in [0, 0.05) is 34.7 Å². The fourth-order valence-corrected chi connectivity index (χ4v) is 9.35. The molecule has 12 nitrogen and oxygen atoms in total. The summed E-state index contributed by atoms with van der Waals surface area (Å²) in [5, 5.41) is 9.94. The van der Waals surface area contributed by atoms with Crippen molar-refractivity contribution in [3.8, 4) is 5.88 Å². The van der Waals surface area contributed by atoms with E-state index in [1.165, 1.54) is 22.7 Å². The molecular formula is C38H50N6O6S2. The molecule has 6 bridgehead atoms. The Morgan fingerprint density at radius 1 is 1.21 bits per heavy atom. The van der Waals surface area contributed by atoms with Gasteiger partial charge >= 0.3 is 0 Å². The number of benzene rings is 1. The number of nitrogens with one attached hydrogen (secondary N) is 3. The van der Waals surface area contributed by atoms with Crippen LogP contribution < -0.4 is 20.1 Å². The van der Waals surface area contributed by atoms with E-state index in [4.69, 9.17) is 9.72 Å². The second-order valence-corrected chi connectivity index (χ2v) is 18.0. The Morgan fingerprint density at radius 2 is 1.96 bits per heavy atom. The van der Waals surface area contributed by atoms with E-state index in [0.29, 0.717) is 23.9 Å². The molecule has 7 rings (SSSR count). The van der Waals surface area contributed by atoms with Crippen LogP contribution in [0.15, 0.2) is 48.5 Å². The third kappa shape index (κ3) is 7.83. The molecule has 2 aliphatic heterocycles. The van der Waals surface area contributed by atoms with Gasteiger partial charge in [-0.25, -0.2) is 18.4 Å². The lowest BCUT2D eigenvalue weighted by atomic mass is 9.84. The fraction of sp³-hybridized carbons (Fsp3) is 0.553. The molecule has 0 spiro atoms. The number of pyridine rings is 1. The van der Waals surface area contributed by atoms with Crippen molar-refractivity contribution in [2.24, 2.45) is 5.92 Å². The van der Waals surface area contributed by atoms with E-state index in [9.17, 15) is 22.8 Å². The van der Waals surface area contributed by atoms with E-state index < -0.39 is 56.7 Å². The zero-order valence-electron chi connectivity index (χ0n) is 30.6. The van der Waals surface area contributed by atoms with Crippen LogP contribution in [-0.4, -0.2) is 76.5 Å². The summed E-state index contributed by atoms with van der Waals surface area (Å²) in [5.41, 5.74) is 0.457. The summed E-state index contributed by atoms with van der Waals surface area (Å²) in [6.07, 6.45) is 7.99. The third-order valence-corrected chi connectivity index (χ3v) is 12.9. The molecule has 3 fully saturated rings. The molecule has 0 radical (unpaired) electrons. The predicted molar refractivity (Wildman–Crippen MR) is 203 cm³/mol. The summed E-state index contributed by atoms with van der Waals surface area (Å²) < 4.78 is 33.9. The largest absolute Gasteiger partial charge is 0.472 e. The number of aromatic nitrogens is 2. The van der Waals surface area contributed by atoms with Crippen LogP contribution >= 0.6 is 11.3 Å². The van der Waals surface area contributed by atoms with E-state index in [1.54, 1.807) is 19.2 Å². The highest BCUT2D eigenvalue weighted by Gasteiger charge is 2.62. The van der Waals surface area contributed by atoms with Crippen LogP contribution in [0.3, 0.4) is 0 Å². The van der Waals surface area contributed by atoms with Gasteiger partial charge in [-0.1, -0.05) is 52.3 Å².